The maximum atomic E-state index is 13.0. The minimum absolute atomic E-state index is 0.137. The molecule has 0 unspecified atom stereocenters. The van der Waals surface area contributed by atoms with Crippen LogP contribution in [0.2, 0.25) is 0 Å². The van der Waals surface area contributed by atoms with Gasteiger partial charge < -0.3 is 14.2 Å². The van der Waals surface area contributed by atoms with Crippen molar-refractivity contribution in [2.24, 2.45) is 0 Å². The summed E-state index contributed by atoms with van der Waals surface area (Å²) in [4.78, 5) is 15.0. The Morgan fingerprint density at radius 3 is 2.27 bits per heavy atom. The Labute approximate surface area is 156 Å². The quantitative estimate of drug-likeness (QED) is 0.812. The lowest BCUT2D eigenvalue weighted by atomic mass is 10.0. The van der Waals surface area contributed by atoms with Crippen molar-refractivity contribution in [3.63, 3.8) is 0 Å². The summed E-state index contributed by atoms with van der Waals surface area (Å²) in [5.74, 6) is 0.653. The fourth-order valence-corrected chi connectivity index (χ4v) is 3.85. The Kier molecular flexibility index (Phi) is 5.52. The lowest BCUT2D eigenvalue weighted by molar-refractivity contribution is 0.0350. The predicted molar refractivity (Wildman–Crippen MR) is 105 cm³/mol. The second-order valence-corrected chi connectivity index (χ2v) is 7.59. The summed E-state index contributed by atoms with van der Waals surface area (Å²) in [6.07, 6.45) is 2.11. The van der Waals surface area contributed by atoms with Crippen molar-refractivity contribution in [1.29, 1.82) is 0 Å². The number of amides is 1. The van der Waals surface area contributed by atoms with Gasteiger partial charge in [-0.25, -0.2) is 0 Å². The highest BCUT2D eigenvalue weighted by Gasteiger charge is 2.26. The first-order valence-corrected chi connectivity index (χ1v) is 9.53. The molecule has 3 rings (SSSR count). The first-order chi connectivity index (χ1) is 12.4. The number of hydrogen-bond donors (Lipinski definition) is 0. The number of piperidine rings is 1. The molecule has 1 aliphatic heterocycles. The van der Waals surface area contributed by atoms with Gasteiger partial charge in [-0.1, -0.05) is 26.0 Å². The van der Waals surface area contributed by atoms with E-state index in [0.717, 1.165) is 48.6 Å². The highest BCUT2D eigenvalue weighted by molar-refractivity contribution is 5.96. The number of likely N-dealkylation sites (tertiary alicyclic amines) is 1. The zero-order valence-electron chi connectivity index (χ0n) is 16.6. The SMILES string of the molecule is COC1CCN(C(=O)c2cc(C)n(-c3ccc(C(C)C)cc3)c2C)CC1. The number of aromatic nitrogens is 1. The lowest BCUT2D eigenvalue weighted by Crippen LogP contribution is -2.40. The van der Waals surface area contributed by atoms with Crippen LogP contribution in [0.15, 0.2) is 30.3 Å². The van der Waals surface area contributed by atoms with E-state index in [0.29, 0.717) is 5.92 Å². The van der Waals surface area contributed by atoms with Crippen molar-refractivity contribution in [2.75, 3.05) is 20.2 Å². The highest BCUT2D eigenvalue weighted by Crippen LogP contribution is 2.25. The van der Waals surface area contributed by atoms with Gasteiger partial charge in [0.15, 0.2) is 0 Å². The van der Waals surface area contributed by atoms with Gasteiger partial charge in [0, 0.05) is 37.3 Å². The molecule has 1 amide bonds. The van der Waals surface area contributed by atoms with Crippen molar-refractivity contribution < 1.29 is 9.53 Å². The molecule has 2 aromatic rings. The number of ether oxygens (including phenoxy) is 1. The molecular formula is C22H30N2O2. The minimum Gasteiger partial charge on any atom is -0.381 e. The topological polar surface area (TPSA) is 34.5 Å². The van der Waals surface area contributed by atoms with E-state index in [-0.39, 0.29) is 12.0 Å². The van der Waals surface area contributed by atoms with Gasteiger partial charge >= 0.3 is 0 Å². The summed E-state index contributed by atoms with van der Waals surface area (Å²) in [6.45, 7) is 10.0. The van der Waals surface area contributed by atoms with Crippen LogP contribution in [-0.2, 0) is 4.74 Å². The van der Waals surface area contributed by atoms with E-state index in [1.165, 1.54) is 5.56 Å². The van der Waals surface area contributed by atoms with Crippen molar-refractivity contribution in [2.45, 2.75) is 52.6 Å². The molecule has 0 N–H and O–H groups in total. The van der Waals surface area contributed by atoms with Gasteiger partial charge in [0.05, 0.1) is 11.7 Å². The van der Waals surface area contributed by atoms with Gasteiger partial charge in [-0.3, -0.25) is 4.79 Å². The zero-order valence-corrected chi connectivity index (χ0v) is 16.6. The molecule has 26 heavy (non-hydrogen) atoms. The highest BCUT2D eigenvalue weighted by atomic mass is 16.5. The molecule has 1 aliphatic rings. The summed E-state index contributed by atoms with van der Waals surface area (Å²) in [7, 11) is 1.75. The predicted octanol–water partition coefficient (Wildman–Crippen LogP) is 4.47. The summed E-state index contributed by atoms with van der Waals surface area (Å²) in [5.41, 5.74) is 5.36. The molecule has 4 heteroatoms. The van der Waals surface area contributed by atoms with E-state index in [4.69, 9.17) is 4.74 Å². The maximum Gasteiger partial charge on any atom is 0.255 e. The fraction of sp³-hybridized carbons (Fsp3) is 0.500. The molecule has 1 saturated heterocycles. The molecule has 0 radical (unpaired) electrons. The third kappa shape index (κ3) is 3.56. The standard InChI is InChI=1S/C22H30N2O2/c1-15(2)18-6-8-19(9-7-18)24-16(3)14-21(17(24)4)22(25)23-12-10-20(26-5)11-13-23/h6-9,14-15,20H,10-13H2,1-5H3. The van der Waals surface area contributed by atoms with Gasteiger partial charge in [0.25, 0.3) is 5.91 Å². The first kappa shape index (κ1) is 18.7. The number of carbonyl (C=O) groups is 1. The van der Waals surface area contributed by atoms with Crippen LogP contribution in [0.3, 0.4) is 0 Å². The molecule has 1 aromatic carbocycles. The largest absolute Gasteiger partial charge is 0.381 e. The maximum absolute atomic E-state index is 13.0. The minimum atomic E-state index is 0.137. The van der Waals surface area contributed by atoms with E-state index < -0.39 is 0 Å². The van der Waals surface area contributed by atoms with Crippen molar-refractivity contribution in [3.05, 3.63) is 52.8 Å². The summed E-state index contributed by atoms with van der Waals surface area (Å²) in [5, 5.41) is 0. The molecule has 0 atom stereocenters. The molecule has 0 spiro atoms. The molecule has 1 fully saturated rings. The second kappa shape index (κ2) is 7.67. The summed E-state index contributed by atoms with van der Waals surface area (Å²) >= 11 is 0. The van der Waals surface area contributed by atoms with Crippen LogP contribution in [0.5, 0.6) is 0 Å². The van der Waals surface area contributed by atoms with Crippen LogP contribution in [-0.4, -0.2) is 41.7 Å². The molecule has 140 valence electrons. The van der Waals surface area contributed by atoms with Gasteiger partial charge in [-0.2, -0.15) is 0 Å². The van der Waals surface area contributed by atoms with Crippen LogP contribution in [0.4, 0.5) is 0 Å². The van der Waals surface area contributed by atoms with Crippen LogP contribution in [0.1, 0.15) is 59.9 Å². The third-order valence-corrected chi connectivity index (χ3v) is 5.54. The first-order valence-electron chi connectivity index (χ1n) is 9.53. The third-order valence-electron chi connectivity index (χ3n) is 5.54. The number of rotatable bonds is 4. The summed E-state index contributed by atoms with van der Waals surface area (Å²) in [6, 6.07) is 10.7. The zero-order chi connectivity index (χ0) is 18.8. The van der Waals surface area contributed by atoms with Crippen LogP contribution in [0, 0.1) is 13.8 Å². The smallest absolute Gasteiger partial charge is 0.255 e. The van der Waals surface area contributed by atoms with Crippen molar-refractivity contribution in [1.82, 2.24) is 9.47 Å². The Bertz CT molecular complexity index is 766. The Hall–Kier alpha value is -2.07. The average Bonchev–Trinajstić information content (AvgIpc) is 2.95. The monoisotopic (exact) mass is 354 g/mol. The van der Waals surface area contributed by atoms with Crippen LogP contribution < -0.4 is 0 Å². The number of hydrogen-bond acceptors (Lipinski definition) is 2. The van der Waals surface area contributed by atoms with Gasteiger partial charge in [-0.05, 0) is 56.4 Å². The molecule has 0 saturated carbocycles. The van der Waals surface area contributed by atoms with Crippen LogP contribution in [0.25, 0.3) is 5.69 Å². The Balaban J connectivity index is 1.85. The molecule has 1 aromatic heterocycles. The molecule has 4 nitrogen and oxygen atoms in total. The Morgan fingerprint density at radius 2 is 1.73 bits per heavy atom. The van der Waals surface area contributed by atoms with Gasteiger partial charge in [0.1, 0.15) is 0 Å². The van der Waals surface area contributed by atoms with Crippen LogP contribution >= 0.6 is 0 Å². The lowest BCUT2D eigenvalue weighted by Gasteiger charge is -2.31. The van der Waals surface area contributed by atoms with Crippen molar-refractivity contribution in [3.8, 4) is 5.69 Å². The van der Waals surface area contributed by atoms with E-state index in [1.807, 2.05) is 17.9 Å². The van der Waals surface area contributed by atoms with Crippen molar-refractivity contribution >= 4 is 5.91 Å². The fourth-order valence-electron chi connectivity index (χ4n) is 3.85. The van der Waals surface area contributed by atoms with Gasteiger partial charge in [-0.15, -0.1) is 0 Å². The normalized spacial score (nSPS) is 15.7. The van der Waals surface area contributed by atoms with E-state index in [2.05, 4.69) is 49.6 Å². The number of carbonyl (C=O) groups excluding carboxylic acids is 1. The second-order valence-electron chi connectivity index (χ2n) is 7.59. The molecule has 0 aliphatic carbocycles. The molecule has 2 heterocycles. The molecular weight excluding hydrogens is 324 g/mol. The summed E-state index contributed by atoms with van der Waals surface area (Å²) < 4.78 is 7.59. The number of aryl methyl sites for hydroxylation is 1. The van der Waals surface area contributed by atoms with E-state index in [9.17, 15) is 4.79 Å². The van der Waals surface area contributed by atoms with E-state index >= 15 is 0 Å². The Morgan fingerprint density at radius 1 is 1.12 bits per heavy atom. The number of benzene rings is 1. The van der Waals surface area contributed by atoms with Gasteiger partial charge in [0.2, 0.25) is 0 Å². The number of methoxy groups -OCH3 is 1. The molecule has 0 bridgehead atoms. The number of nitrogens with zero attached hydrogens (tertiary/aromatic N) is 2. The van der Waals surface area contributed by atoms with E-state index in [1.54, 1.807) is 7.11 Å². The average molecular weight is 354 g/mol.